The molecule has 5 rings (SSSR count). The molecule has 63 heavy (non-hydrogen) atoms. The number of rotatable bonds is 21. The van der Waals surface area contributed by atoms with E-state index in [4.69, 9.17) is 11.5 Å². The average Bonchev–Trinajstić information content (AvgIpc) is 3.67. The van der Waals surface area contributed by atoms with Crippen LogP contribution in [0, 0.1) is 5.41 Å². The Morgan fingerprint density at radius 2 is 1.14 bits per heavy atom. The lowest BCUT2D eigenvalue weighted by molar-refractivity contribution is -0.135. The predicted molar refractivity (Wildman–Crippen MR) is 246 cm³/mol. The van der Waals surface area contributed by atoms with Gasteiger partial charge in [0.25, 0.3) is 0 Å². The van der Waals surface area contributed by atoms with Crippen LogP contribution in [0.1, 0.15) is 70.6 Å². The van der Waals surface area contributed by atoms with Gasteiger partial charge in [-0.15, -0.1) is 0 Å². The normalized spacial score (nSPS) is 14.4. The molecule has 14 nitrogen and oxygen atoms in total. The van der Waals surface area contributed by atoms with E-state index in [1.165, 1.54) is 13.8 Å². The van der Waals surface area contributed by atoms with Gasteiger partial charge in [0.15, 0.2) is 5.78 Å². The first-order valence-electron chi connectivity index (χ1n) is 21.6. The van der Waals surface area contributed by atoms with Crippen molar-refractivity contribution < 1.29 is 28.8 Å². The third-order valence-electron chi connectivity index (χ3n) is 11.0. The minimum atomic E-state index is -1.22. The summed E-state index contributed by atoms with van der Waals surface area (Å²) in [4.78, 5) is 86.3. The standard InChI is InChI=1S/C49H62N8O6/c1-30(51)44(59)55-41(27-33-22-23-34-17-9-10-18-35(34)25-33)46(61)53-31(2)45(60)56-42(28-36-29-52-38-20-12-11-19-37(36)38)48(63)57-40(26-32-15-7-6-8-16-32)47(62)54-39(21-13-14-24-50)43(58)49(3,4)5/h6-12,15-20,22-23,25,29-31,39-42,52H,13-14,21,24,26-28,50-51H2,1-5H3,(H,53,61)(H,54,62)(H,55,59)(H,56,60)(H,57,63)/t30-,31+,39+,40-,41-,42+/m1/s1. The Morgan fingerprint density at radius 1 is 0.587 bits per heavy atom. The Kier molecular flexibility index (Phi) is 16.7. The van der Waals surface area contributed by atoms with Crippen molar-refractivity contribution in [3.8, 4) is 0 Å². The van der Waals surface area contributed by atoms with E-state index in [1.807, 2.05) is 97.1 Å². The van der Waals surface area contributed by atoms with Crippen LogP contribution in [0.4, 0.5) is 0 Å². The van der Waals surface area contributed by atoms with Gasteiger partial charge in [-0.1, -0.05) is 112 Å². The number of hydrogen-bond donors (Lipinski definition) is 8. The molecule has 334 valence electrons. The third kappa shape index (κ3) is 13.6. The number of fused-ring (bicyclic) bond motifs is 2. The van der Waals surface area contributed by atoms with E-state index >= 15 is 0 Å². The van der Waals surface area contributed by atoms with Crippen LogP contribution in [0.15, 0.2) is 103 Å². The molecule has 0 spiro atoms. The molecule has 0 aliphatic rings. The number of aromatic nitrogens is 1. The van der Waals surface area contributed by atoms with E-state index in [1.54, 1.807) is 27.0 Å². The average molecular weight is 859 g/mol. The smallest absolute Gasteiger partial charge is 0.243 e. The first-order valence-corrected chi connectivity index (χ1v) is 21.6. The third-order valence-corrected chi connectivity index (χ3v) is 11.0. The van der Waals surface area contributed by atoms with Crippen LogP contribution in [0.3, 0.4) is 0 Å². The molecule has 0 fully saturated rings. The molecular formula is C49H62N8O6. The molecule has 0 saturated heterocycles. The van der Waals surface area contributed by atoms with Crippen LogP contribution in [-0.4, -0.2) is 83.1 Å². The highest BCUT2D eigenvalue weighted by Crippen LogP contribution is 2.22. The van der Waals surface area contributed by atoms with Gasteiger partial charge in [0, 0.05) is 41.8 Å². The van der Waals surface area contributed by atoms with Crippen molar-refractivity contribution >= 4 is 57.0 Å². The number of unbranched alkanes of at least 4 members (excludes halogenated alkanes) is 1. The van der Waals surface area contributed by atoms with Gasteiger partial charge in [-0.25, -0.2) is 0 Å². The summed E-state index contributed by atoms with van der Waals surface area (Å²) >= 11 is 0. The van der Waals surface area contributed by atoms with Gasteiger partial charge in [-0.05, 0) is 73.2 Å². The maximum Gasteiger partial charge on any atom is 0.243 e. The molecule has 1 aromatic heterocycles. The Labute approximate surface area is 369 Å². The number of benzene rings is 4. The van der Waals surface area contributed by atoms with Crippen LogP contribution < -0.4 is 38.1 Å². The molecule has 5 aromatic rings. The van der Waals surface area contributed by atoms with Gasteiger partial charge in [0.05, 0.1) is 12.1 Å². The number of ketones is 1. The van der Waals surface area contributed by atoms with Gasteiger partial charge in [-0.2, -0.15) is 0 Å². The largest absolute Gasteiger partial charge is 0.361 e. The molecule has 0 bridgehead atoms. The second kappa shape index (κ2) is 22.1. The van der Waals surface area contributed by atoms with Crippen molar-refractivity contribution in [3.05, 3.63) is 120 Å². The van der Waals surface area contributed by atoms with Gasteiger partial charge in [-0.3, -0.25) is 28.8 Å². The van der Waals surface area contributed by atoms with Crippen LogP contribution in [-0.2, 0) is 48.0 Å². The highest BCUT2D eigenvalue weighted by atomic mass is 16.2. The molecule has 14 heteroatoms. The van der Waals surface area contributed by atoms with Crippen molar-refractivity contribution in [1.82, 2.24) is 31.6 Å². The number of carbonyl (C=O) groups is 6. The number of aromatic amines is 1. The second-order valence-corrected chi connectivity index (χ2v) is 17.3. The summed E-state index contributed by atoms with van der Waals surface area (Å²) in [6, 6.07) is 23.9. The van der Waals surface area contributed by atoms with E-state index in [9.17, 15) is 28.8 Å². The van der Waals surface area contributed by atoms with E-state index in [2.05, 4.69) is 31.6 Å². The van der Waals surface area contributed by atoms with Crippen molar-refractivity contribution in [2.75, 3.05) is 6.54 Å². The number of para-hydroxylation sites is 1. The molecule has 10 N–H and O–H groups in total. The maximum atomic E-state index is 14.5. The van der Waals surface area contributed by atoms with Crippen molar-refractivity contribution in [2.24, 2.45) is 16.9 Å². The van der Waals surface area contributed by atoms with Crippen LogP contribution in [0.2, 0.25) is 0 Å². The summed E-state index contributed by atoms with van der Waals surface area (Å²) < 4.78 is 0. The maximum absolute atomic E-state index is 14.5. The molecule has 4 aromatic carbocycles. The van der Waals surface area contributed by atoms with E-state index in [0.29, 0.717) is 25.8 Å². The SMILES string of the molecule is C[C@H](NC(=O)[C@@H](Cc1ccc2ccccc2c1)NC(=O)[C@@H](C)N)C(=O)N[C@@H](Cc1c[nH]c2ccccc12)C(=O)N[C@H](Cc1ccccc1)C(=O)N[C@@H](CCCCN)C(=O)C(C)(C)C. The second-order valence-electron chi connectivity index (χ2n) is 17.3. The predicted octanol–water partition coefficient (Wildman–Crippen LogP) is 3.88. The lowest BCUT2D eigenvalue weighted by Gasteiger charge is -2.29. The van der Waals surface area contributed by atoms with Crippen LogP contribution in [0.25, 0.3) is 21.7 Å². The Morgan fingerprint density at radius 3 is 1.81 bits per heavy atom. The highest BCUT2D eigenvalue weighted by Gasteiger charge is 2.35. The molecule has 6 atom stereocenters. The molecule has 0 aliphatic carbocycles. The van der Waals surface area contributed by atoms with Gasteiger partial charge in [0.1, 0.15) is 24.2 Å². The van der Waals surface area contributed by atoms with Crippen molar-refractivity contribution in [1.29, 1.82) is 0 Å². The fourth-order valence-electron chi connectivity index (χ4n) is 7.41. The molecule has 0 radical (unpaired) electrons. The first kappa shape index (κ1) is 47.7. The summed E-state index contributed by atoms with van der Waals surface area (Å²) in [6.07, 6.45) is 3.69. The number of nitrogens with one attached hydrogen (secondary N) is 6. The monoisotopic (exact) mass is 858 g/mol. The molecule has 0 unspecified atom stereocenters. The Hall–Kier alpha value is -6.38. The highest BCUT2D eigenvalue weighted by molar-refractivity contribution is 5.98. The van der Waals surface area contributed by atoms with E-state index in [0.717, 1.165) is 38.4 Å². The molecule has 0 aliphatic heterocycles. The lowest BCUT2D eigenvalue weighted by atomic mass is 9.84. The zero-order valence-electron chi connectivity index (χ0n) is 36.8. The van der Waals surface area contributed by atoms with Gasteiger partial charge in [0.2, 0.25) is 29.5 Å². The zero-order valence-corrected chi connectivity index (χ0v) is 36.8. The summed E-state index contributed by atoms with van der Waals surface area (Å²) in [5, 5.41) is 16.9. The number of hydrogen-bond acceptors (Lipinski definition) is 8. The number of amides is 5. The fourth-order valence-corrected chi connectivity index (χ4v) is 7.41. The first-order chi connectivity index (χ1) is 30.0. The summed E-state index contributed by atoms with van der Waals surface area (Å²) in [5.74, 6) is -3.18. The lowest BCUT2D eigenvalue weighted by Crippen LogP contribution is -2.59. The van der Waals surface area contributed by atoms with E-state index < -0.39 is 71.2 Å². The summed E-state index contributed by atoms with van der Waals surface area (Å²) in [5.41, 5.74) is 14.0. The Bertz CT molecular complexity index is 2370. The molecule has 1 heterocycles. The fraction of sp³-hybridized carbons (Fsp3) is 0.388. The van der Waals surface area contributed by atoms with Gasteiger partial charge >= 0.3 is 0 Å². The number of nitrogens with two attached hydrogens (primary N) is 2. The van der Waals surface area contributed by atoms with Crippen molar-refractivity contribution in [3.63, 3.8) is 0 Å². The number of carbonyl (C=O) groups excluding carboxylic acids is 6. The molecular weight excluding hydrogens is 797 g/mol. The summed E-state index contributed by atoms with van der Waals surface area (Å²) in [7, 11) is 0. The van der Waals surface area contributed by atoms with Gasteiger partial charge < -0.3 is 43.0 Å². The molecule has 0 saturated carbocycles. The molecule has 5 amide bonds. The minimum absolute atomic E-state index is 0.0290. The topological polar surface area (TPSA) is 230 Å². The number of Topliss-reactive ketones (excluding diaryl/α,β-unsaturated/α-hetero) is 1. The van der Waals surface area contributed by atoms with E-state index in [-0.39, 0.29) is 25.0 Å². The quantitative estimate of drug-likeness (QED) is 0.0504. The minimum Gasteiger partial charge on any atom is -0.361 e. The van der Waals surface area contributed by atoms with Crippen LogP contribution >= 0.6 is 0 Å². The zero-order chi connectivity index (χ0) is 45.7. The van der Waals surface area contributed by atoms with Crippen molar-refractivity contribution in [2.45, 2.75) is 109 Å². The van der Waals surface area contributed by atoms with Crippen LogP contribution in [0.5, 0.6) is 0 Å². The summed E-state index contributed by atoms with van der Waals surface area (Å²) in [6.45, 7) is 8.82. The Balaban J connectivity index is 1.39. The number of H-pyrrole nitrogens is 1.